The van der Waals surface area contributed by atoms with E-state index in [0.29, 0.717) is 5.82 Å². The van der Waals surface area contributed by atoms with Gasteiger partial charge in [0.15, 0.2) is 0 Å². The van der Waals surface area contributed by atoms with Crippen molar-refractivity contribution in [3.8, 4) is 0 Å². The molecule has 94 valence electrons. The number of H-pyrrole nitrogens is 1. The van der Waals surface area contributed by atoms with E-state index in [4.69, 9.17) is 0 Å². The molecule has 0 saturated carbocycles. The molecule has 18 heavy (non-hydrogen) atoms. The molecule has 0 aliphatic rings. The summed E-state index contributed by atoms with van der Waals surface area (Å²) in [5, 5.41) is 7.33. The van der Waals surface area contributed by atoms with Crippen LogP contribution in [0.3, 0.4) is 0 Å². The number of hydrogen-bond donors (Lipinski definition) is 2. The summed E-state index contributed by atoms with van der Waals surface area (Å²) in [6.45, 7) is 1.69. The normalized spacial score (nSPS) is 11.8. The number of benzene rings is 1. The van der Waals surface area contributed by atoms with Gasteiger partial charge >= 0.3 is 0 Å². The van der Waals surface area contributed by atoms with E-state index in [1.807, 2.05) is 30.3 Å². The third-order valence-corrected chi connectivity index (χ3v) is 3.03. The molecular weight excluding hydrogens is 252 g/mol. The lowest BCUT2D eigenvalue weighted by molar-refractivity contribution is 0.609. The van der Waals surface area contributed by atoms with E-state index in [0.717, 1.165) is 11.0 Å². The first-order chi connectivity index (χ1) is 8.55. The molecular formula is C11H12N4O2S. The summed E-state index contributed by atoms with van der Waals surface area (Å²) in [6, 6.07) is 9.14. The van der Waals surface area contributed by atoms with E-state index in [-0.39, 0.29) is 5.95 Å². The highest BCUT2D eigenvalue weighted by molar-refractivity contribution is 7.95. The lowest BCUT2D eigenvalue weighted by Gasteiger charge is -1.98. The van der Waals surface area contributed by atoms with Gasteiger partial charge in [0, 0.05) is 0 Å². The van der Waals surface area contributed by atoms with Crippen molar-refractivity contribution in [1.82, 2.24) is 15.2 Å². The summed E-state index contributed by atoms with van der Waals surface area (Å²) >= 11 is 0. The van der Waals surface area contributed by atoms with E-state index in [1.54, 1.807) is 6.92 Å². The van der Waals surface area contributed by atoms with Crippen molar-refractivity contribution in [2.24, 2.45) is 0 Å². The second kappa shape index (κ2) is 5.01. The van der Waals surface area contributed by atoms with E-state index < -0.39 is 10.0 Å². The molecule has 2 rings (SSSR count). The van der Waals surface area contributed by atoms with Crippen LogP contribution in [0.5, 0.6) is 0 Å². The second-order valence-corrected chi connectivity index (χ2v) is 5.17. The molecule has 0 saturated heterocycles. The highest BCUT2D eigenvalue weighted by atomic mass is 32.2. The minimum Gasteiger partial charge on any atom is -0.261 e. The van der Waals surface area contributed by atoms with Gasteiger partial charge in [0.25, 0.3) is 16.0 Å². The third kappa shape index (κ3) is 3.42. The van der Waals surface area contributed by atoms with Gasteiger partial charge < -0.3 is 0 Å². The Morgan fingerprint density at radius 1 is 1.28 bits per heavy atom. The van der Waals surface area contributed by atoms with Crippen LogP contribution in [-0.4, -0.2) is 23.6 Å². The Balaban J connectivity index is 2.10. The Hall–Kier alpha value is -2.15. The molecule has 1 aromatic heterocycles. The molecule has 0 amide bonds. The molecule has 0 aliphatic carbocycles. The van der Waals surface area contributed by atoms with E-state index in [1.165, 1.54) is 6.08 Å². The van der Waals surface area contributed by atoms with Gasteiger partial charge in [-0.25, -0.2) is 13.1 Å². The number of aromatic amines is 1. The van der Waals surface area contributed by atoms with Crippen molar-refractivity contribution in [2.45, 2.75) is 6.92 Å². The number of anilines is 1. The zero-order valence-electron chi connectivity index (χ0n) is 9.66. The number of aromatic nitrogens is 3. The fraction of sp³-hybridized carbons (Fsp3) is 0.0909. The number of hydrogen-bond acceptors (Lipinski definition) is 4. The topological polar surface area (TPSA) is 87.7 Å². The van der Waals surface area contributed by atoms with Gasteiger partial charge in [-0.05, 0) is 18.6 Å². The van der Waals surface area contributed by atoms with Gasteiger partial charge in [-0.2, -0.15) is 4.98 Å². The first-order valence-electron chi connectivity index (χ1n) is 5.20. The second-order valence-electron chi connectivity index (χ2n) is 3.60. The van der Waals surface area contributed by atoms with Crippen molar-refractivity contribution in [3.63, 3.8) is 0 Å². The van der Waals surface area contributed by atoms with Crippen molar-refractivity contribution in [1.29, 1.82) is 0 Å². The van der Waals surface area contributed by atoms with Gasteiger partial charge in [0.05, 0.1) is 5.41 Å². The van der Waals surface area contributed by atoms with Crippen LogP contribution in [-0.2, 0) is 10.0 Å². The summed E-state index contributed by atoms with van der Waals surface area (Å²) in [6.07, 6.45) is 1.50. The Morgan fingerprint density at radius 2 is 2.00 bits per heavy atom. The van der Waals surface area contributed by atoms with Crippen LogP contribution in [0.1, 0.15) is 11.4 Å². The molecule has 6 nitrogen and oxygen atoms in total. The zero-order valence-corrected chi connectivity index (χ0v) is 10.5. The summed E-state index contributed by atoms with van der Waals surface area (Å²) in [4.78, 5) is 3.86. The number of rotatable bonds is 4. The van der Waals surface area contributed by atoms with Gasteiger partial charge in [0.2, 0.25) is 0 Å². The molecule has 0 aliphatic heterocycles. The van der Waals surface area contributed by atoms with Gasteiger partial charge in [-0.3, -0.25) is 5.10 Å². The fourth-order valence-corrected chi connectivity index (χ4v) is 2.03. The van der Waals surface area contributed by atoms with Crippen molar-refractivity contribution >= 4 is 22.0 Å². The minimum atomic E-state index is -3.60. The number of aryl methyl sites for hydroxylation is 1. The van der Waals surface area contributed by atoms with Crippen molar-refractivity contribution in [2.75, 3.05) is 4.72 Å². The quantitative estimate of drug-likeness (QED) is 0.876. The predicted molar refractivity (Wildman–Crippen MR) is 69.1 cm³/mol. The van der Waals surface area contributed by atoms with Crippen LogP contribution in [0.4, 0.5) is 5.95 Å². The molecule has 0 spiro atoms. The van der Waals surface area contributed by atoms with Crippen LogP contribution < -0.4 is 4.72 Å². The maximum Gasteiger partial charge on any atom is 0.257 e. The average molecular weight is 264 g/mol. The number of nitrogens with zero attached hydrogens (tertiary/aromatic N) is 2. The number of nitrogens with one attached hydrogen (secondary N) is 2. The number of sulfonamides is 1. The first-order valence-corrected chi connectivity index (χ1v) is 6.75. The van der Waals surface area contributed by atoms with Crippen LogP contribution in [0.2, 0.25) is 0 Å². The Morgan fingerprint density at radius 3 is 2.61 bits per heavy atom. The Bertz CT molecular complexity index is 647. The Kier molecular flexibility index (Phi) is 3.42. The summed E-state index contributed by atoms with van der Waals surface area (Å²) < 4.78 is 25.6. The molecule has 2 N–H and O–H groups in total. The molecule has 7 heteroatoms. The minimum absolute atomic E-state index is 0.0326. The lowest BCUT2D eigenvalue weighted by atomic mass is 10.2. The highest BCUT2D eigenvalue weighted by Crippen LogP contribution is 2.06. The molecule has 1 aromatic carbocycles. The van der Waals surface area contributed by atoms with Crippen LogP contribution >= 0.6 is 0 Å². The lowest BCUT2D eigenvalue weighted by Crippen LogP contribution is -2.10. The van der Waals surface area contributed by atoms with E-state index >= 15 is 0 Å². The highest BCUT2D eigenvalue weighted by Gasteiger charge is 2.08. The van der Waals surface area contributed by atoms with Gasteiger partial charge in [-0.1, -0.05) is 30.3 Å². The molecule has 0 radical (unpaired) electrons. The average Bonchev–Trinajstić information content (AvgIpc) is 2.73. The zero-order chi connectivity index (χ0) is 13.0. The van der Waals surface area contributed by atoms with Gasteiger partial charge in [0.1, 0.15) is 5.82 Å². The maximum absolute atomic E-state index is 11.7. The molecule has 0 unspecified atom stereocenters. The summed E-state index contributed by atoms with van der Waals surface area (Å²) in [5.74, 6) is 0.574. The van der Waals surface area contributed by atoms with Crippen molar-refractivity contribution < 1.29 is 8.42 Å². The van der Waals surface area contributed by atoms with E-state index in [9.17, 15) is 8.42 Å². The fourth-order valence-electron chi connectivity index (χ4n) is 1.28. The first kappa shape index (κ1) is 12.3. The summed E-state index contributed by atoms with van der Waals surface area (Å²) in [5.41, 5.74) is 0.800. The molecule has 2 aromatic rings. The van der Waals surface area contributed by atoms with Crippen LogP contribution in [0.25, 0.3) is 6.08 Å². The van der Waals surface area contributed by atoms with Gasteiger partial charge in [-0.15, -0.1) is 5.10 Å². The monoisotopic (exact) mass is 264 g/mol. The largest absolute Gasteiger partial charge is 0.261 e. The Labute approximate surface area is 105 Å². The van der Waals surface area contributed by atoms with Crippen LogP contribution in [0.15, 0.2) is 35.7 Å². The predicted octanol–water partition coefficient (Wildman–Crippen LogP) is 1.53. The van der Waals surface area contributed by atoms with Crippen molar-refractivity contribution in [3.05, 3.63) is 47.1 Å². The SMILES string of the molecule is Cc1nc(NS(=O)(=O)/C=C/c2ccccc2)n[nH]1. The molecule has 1 heterocycles. The van der Waals surface area contributed by atoms with Crippen LogP contribution in [0, 0.1) is 6.92 Å². The maximum atomic E-state index is 11.7. The molecule has 0 bridgehead atoms. The third-order valence-electron chi connectivity index (χ3n) is 2.07. The molecule has 0 fully saturated rings. The smallest absolute Gasteiger partial charge is 0.257 e. The summed E-state index contributed by atoms with van der Waals surface area (Å²) in [7, 11) is -3.60. The standard InChI is InChI=1S/C11H12N4O2S/c1-9-12-11(14-13-9)15-18(16,17)8-7-10-5-3-2-4-6-10/h2-8H,1H3,(H2,12,13,14,15)/b8-7+. The molecule has 0 atom stereocenters. The van der Waals surface area contributed by atoms with E-state index in [2.05, 4.69) is 19.9 Å².